The van der Waals surface area contributed by atoms with Gasteiger partial charge >= 0.3 is 0 Å². The van der Waals surface area contributed by atoms with Gasteiger partial charge in [-0.05, 0) is 76.6 Å². The summed E-state index contributed by atoms with van der Waals surface area (Å²) in [7, 11) is 0. The number of carbonyl (C=O) groups excluding carboxylic acids is 3. The van der Waals surface area contributed by atoms with Crippen LogP contribution in [-0.2, 0) is 27.3 Å². The number of carbonyl (C=O) groups is 3. The molecule has 2 heterocycles. The lowest BCUT2D eigenvalue weighted by Gasteiger charge is -2.31. The van der Waals surface area contributed by atoms with E-state index < -0.39 is 18.1 Å². The number of fused-ring (bicyclic) bond motifs is 1. The van der Waals surface area contributed by atoms with Crippen molar-refractivity contribution in [3.8, 4) is 0 Å². The molecule has 0 aliphatic carbocycles. The van der Waals surface area contributed by atoms with Crippen molar-refractivity contribution in [2.45, 2.75) is 97.0 Å². The van der Waals surface area contributed by atoms with Crippen LogP contribution in [0.4, 0.5) is 0 Å². The molecule has 1 aliphatic heterocycles. The fourth-order valence-corrected chi connectivity index (χ4v) is 5.99. The number of nitrogens with zero attached hydrogens (tertiary/aromatic N) is 2. The molecule has 0 bridgehead atoms. The third-order valence-electron chi connectivity index (χ3n) is 8.52. The van der Waals surface area contributed by atoms with Gasteiger partial charge in [0.2, 0.25) is 17.7 Å². The largest absolute Gasteiger partial charge is 0.392 e. The van der Waals surface area contributed by atoms with Crippen molar-refractivity contribution in [1.29, 1.82) is 0 Å². The van der Waals surface area contributed by atoms with E-state index in [0.29, 0.717) is 25.2 Å². The number of nitrogens with one attached hydrogen (secondary N) is 4. The molecule has 0 saturated carbocycles. The highest BCUT2D eigenvalue weighted by atomic mass is 16.3. The van der Waals surface area contributed by atoms with Gasteiger partial charge in [0.15, 0.2) is 0 Å². The summed E-state index contributed by atoms with van der Waals surface area (Å²) in [5.41, 5.74) is 2.35. The number of rotatable bonds is 14. The van der Waals surface area contributed by atoms with Crippen LogP contribution in [0.3, 0.4) is 0 Å². The maximum absolute atomic E-state index is 13.9. The SMILES string of the molecule is CC[C@H](C)[C@H](NC(=O)[C@H](Cc1ccccc1)CC(O)CN1CCC[C@@H]1C(=O)NC(C)(C)C)C(=O)NCc1nc2ccccc2[nH]1. The molecule has 3 aromatic rings. The molecule has 45 heavy (non-hydrogen) atoms. The molecule has 0 radical (unpaired) electrons. The quantitative estimate of drug-likeness (QED) is 0.187. The lowest BCUT2D eigenvalue weighted by Crippen LogP contribution is -2.53. The number of amides is 3. The summed E-state index contributed by atoms with van der Waals surface area (Å²) in [6.07, 6.45) is 2.12. The smallest absolute Gasteiger partial charge is 0.243 e. The number of likely N-dealkylation sites (tertiary alicyclic amines) is 1. The van der Waals surface area contributed by atoms with E-state index in [1.807, 2.05) is 94.1 Å². The summed E-state index contributed by atoms with van der Waals surface area (Å²) >= 11 is 0. The Balaban J connectivity index is 1.43. The number of aromatic nitrogens is 2. The Kier molecular flexibility index (Phi) is 11.7. The lowest BCUT2D eigenvalue weighted by atomic mass is 9.91. The van der Waals surface area contributed by atoms with E-state index in [2.05, 4.69) is 25.9 Å². The first-order valence-corrected chi connectivity index (χ1v) is 16.2. The number of aromatic amines is 1. The molecule has 4 rings (SSSR count). The van der Waals surface area contributed by atoms with Crippen LogP contribution in [0.2, 0.25) is 0 Å². The monoisotopic (exact) mass is 618 g/mol. The third-order valence-corrected chi connectivity index (χ3v) is 8.52. The fourth-order valence-electron chi connectivity index (χ4n) is 5.99. The van der Waals surface area contributed by atoms with Gasteiger partial charge in [-0.25, -0.2) is 4.98 Å². The molecule has 1 aromatic heterocycles. The Labute approximate surface area is 266 Å². The van der Waals surface area contributed by atoms with Crippen LogP contribution in [0.5, 0.6) is 0 Å². The van der Waals surface area contributed by atoms with E-state index in [1.54, 1.807) is 0 Å². The second-order valence-corrected chi connectivity index (χ2v) is 13.5. The Hall–Kier alpha value is -3.76. The maximum Gasteiger partial charge on any atom is 0.243 e. The van der Waals surface area contributed by atoms with Gasteiger partial charge in [-0.1, -0.05) is 62.7 Å². The average Bonchev–Trinajstić information content (AvgIpc) is 3.64. The summed E-state index contributed by atoms with van der Waals surface area (Å²) in [5, 5.41) is 20.3. The Bertz CT molecular complexity index is 1390. The molecule has 5 atom stereocenters. The summed E-state index contributed by atoms with van der Waals surface area (Å²) in [4.78, 5) is 50.0. The summed E-state index contributed by atoms with van der Waals surface area (Å²) in [6.45, 7) is 11.0. The first-order valence-electron chi connectivity index (χ1n) is 16.2. The van der Waals surface area contributed by atoms with Gasteiger partial charge in [-0.3, -0.25) is 19.3 Å². The van der Waals surface area contributed by atoms with E-state index in [1.165, 1.54) is 0 Å². The van der Waals surface area contributed by atoms with Gasteiger partial charge in [0.1, 0.15) is 11.9 Å². The number of aliphatic hydroxyl groups is 1. The molecule has 1 unspecified atom stereocenters. The number of para-hydroxylation sites is 2. The lowest BCUT2D eigenvalue weighted by molar-refractivity contribution is -0.133. The van der Waals surface area contributed by atoms with Crippen LogP contribution in [-0.4, -0.2) is 74.5 Å². The maximum atomic E-state index is 13.9. The van der Waals surface area contributed by atoms with Crippen molar-refractivity contribution in [1.82, 2.24) is 30.8 Å². The molecular weight excluding hydrogens is 568 g/mol. The molecule has 1 saturated heterocycles. The summed E-state index contributed by atoms with van der Waals surface area (Å²) < 4.78 is 0. The number of aliphatic hydroxyl groups excluding tert-OH is 1. The van der Waals surface area contributed by atoms with E-state index in [4.69, 9.17) is 0 Å². The van der Waals surface area contributed by atoms with Gasteiger partial charge in [-0.15, -0.1) is 0 Å². The highest BCUT2D eigenvalue weighted by Gasteiger charge is 2.35. The number of β-amino-alcohol motifs (C(OH)–C–C–N with tert-alkyl or cyclic N) is 1. The van der Waals surface area contributed by atoms with Crippen molar-refractivity contribution < 1.29 is 19.5 Å². The van der Waals surface area contributed by atoms with Crippen LogP contribution >= 0.6 is 0 Å². The van der Waals surface area contributed by atoms with Gasteiger partial charge < -0.3 is 26.0 Å². The van der Waals surface area contributed by atoms with Crippen molar-refractivity contribution in [2.75, 3.05) is 13.1 Å². The van der Waals surface area contributed by atoms with Gasteiger partial charge in [-0.2, -0.15) is 0 Å². The number of hydrogen-bond acceptors (Lipinski definition) is 6. The molecule has 3 amide bonds. The first kappa shape index (κ1) is 34.1. The Morgan fingerprint density at radius 2 is 1.78 bits per heavy atom. The summed E-state index contributed by atoms with van der Waals surface area (Å²) in [5.74, 6) is -0.622. The number of benzene rings is 2. The van der Waals surface area contributed by atoms with Crippen LogP contribution in [0.15, 0.2) is 54.6 Å². The van der Waals surface area contributed by atoms with Gasteiger partial charge in [0.25, 0.3) is 0 Å². The standard InChI is InChI=1S/C35H50N6O4/c1-6-23(2)31(34(45)36-21-30-37-27-15-10-11-16-28(27)38-30)39-32(43)25(19-24-13-8-7-9-14-24)20-26(42)22-41-18-12-17-29(41)33(44)40-35(3,4)5/h7-11,13-16,23,25-26,29,31,42H,6,12,17-22H2,1-5H3,(H,36,45)(H,37,38)(H,39,43)(H,40,44)/t23-,25+,26?,29+,31-/m0/s1. The number of hydrogen-bond donors (Lipinski definition) is 5. The van der Waals surface area contributed by atoms with Crippen LogP contribution in [0, 0.1) is 11.8 Å². The number of imidazole rings is 1. The molecule has 0 spiro atoms. The fraction of sp³-hybridized carbons (Fsp3) is 0.543. The molecule has 10 nitrogen and oxygen atoms in total. The minimum Gasteiger partial charge on any atom is -0.392 e. The van der Waals surface area contributed by atoms with E-state index in [0.717, 1.165) is 36.0 Å². The van der Waals surface area contributed by atoms with Gasteiger partial charge in [0, 0.05) is 18.0 Å². The van der Waals surface area contributed by atoms with Crippen molar-refractivity contribution in [3.05, 3.63) is 66.0 Å². The zero-order valence-corrected chi connectivity index (χ0v) is 27.3. The molecule has 2 aromatic carbocycles. The Morgan fingerprint density at radius 1 is 1.07 bits per heavy atom. The molecule has 244 valence electrons. The minimum absolute atomic E-state index is 0.0316. The highest BCUT2D eigenvalue weighted by Crippen LogP contribution is 2.22. The predicted octanol–water partition coefficient (Wildman–Crippen LogP) is 3.70. The second-order valence-electron chi connectivity index (χ2n) is 13.5. The van der Waals surface area contributed by atoms with E-state index >= 15 is 0 Å². The molecule has 1 fully saturated rings. The minimum atomic E-state index is -0.823. The normalized spacial score (nSPS) is 18.2. The second kappa shape index (κ2) is 15.5. The molecule has 10 heteroatoms. The topological polar surface area (TPSA) is 139 Å². The van der Waals surface area contributed by atoms with E-state index in [-0.39, 0.29) is 48.2 Å². The molecule has 5 N–H and O–H groups in total. The first-order chi connectivity index (χ1) is 21.4. The van der Waals surface area contributed by atoms with E-state index in [9.17, 15) is 19.5 Å². The van der Waals surface area contributed by atoms with Crippen molar-refractivity contribution >= 4 is 28.8 Å². The van der Waals surface area contributed by atoms with Crippen molar-refractivity contribution in [2.24, 2.45) is 11.8 Å². The Morgan fingerprint density at radius 3 is 2.47 bits per heavy atom. The zero-order chi connectivity index (χ0) is 32.6. The van der Waals surface area contributed by atoms with Gasteiger partial charge in [0.05, 0.1) is 29.7 Å². The number of H-pyrrole nitrogens is 1. The zero-order valence-electron chi connectivity index (χ0n) is 27.3. The van der Waals surface area contributed by atoms with Crippen LogP contribution < -0.4 is 16.0 Å². The van der Waals surface area contributed by atoms with Crippen molar-refractivity contribution in [3.63, 3.8) is 0 Å². The molecule has 1 aliphatic rings. The third kappa shape index (κ3) is 9.86. The predicted molar refractivity (Wildman–Crippen MR) is 176 cm³/mol. The average molecular weight is 619 g/mol. The summed E-state index contributed by atoms with van der Waals surface area (Å²) in [6, 6.07) is 16.3. The van der Waals surface area contributed by atoms with Crippen LogP contribution in [0.1, 0.15) is 71.7 Å². The molecular formula is C35H50N6O4. The highest BCUT2D eigenvalue weighted by molar-refractivity contribution is 5.89. The van der Waals surface area contributed by atoms with Crippen LogP contribution in [0.25, 0.3) is 11.0 Å².